The highest BCUT2D eigenvalue weighted by molar-refractivity contribution is 6.06. The Morgan fingerprint density at radius 2 is 1.47 bits per heavy atom. The number of hydrogen-bond acceptors (Lipinski definition) is 3. The third-order valence-corrected chi connectivity index (χ3v) is 6.60. The zero-order valence-electron chi connectivity index (χ0n) is 18.0. The molecule has 0 radical (unpaired) electrons. The molecule has 1 saturated heterocycles. The summed E-state index contributed by atoms with van der Waals surface area (Å²) in [4.78, 5) is 30.4. The van der Waals surface area contributed by atoms with Crippen molar-refractivity contribution in [1.82, 2.24) is 10.2 Å². The number of carbonyl (C=O) groups is 2. The van der Waals surface area contributed by atoms with Crippen LogP contribution in [0.5, 0.6) is 0 Å². The first-order chi connectivity index (χ1) is 15.7. The van der Waals surface area contributed by atoms with E-state index in [0.29, 0.717) is 24.2 Å². The van der Waals surface area contributed by atoms with E-state index in [4.69, 9.17) is 0 Å². The summed E-state index contributed by atoms with van der Waals surface area (Å²) < 4.78 is 0. The molecule has 2 heterocycles. The minimum absolute atomic E-state index is 0.0369. The molecule has 2 atom stereocenters. The average molecular weight is 426 g/mol. The second-order valence-electron chi connectivity index (χ2n) is 8.54. The molecule has 2 aliphatic rings. The van der Waals surface area contributed by atoms with Crippen LogP contribution in [0.4, 0.5) is 5.69 Å². The molecule has 1 fully saturated rings. The summed E-state index contributed by atoms with van der Waals surface area (Å²) in [7, 11) is 0. The topological polar surface area (TPSA) is 52.7 Å². The molecule has 0 aromatic heterocycles. The van der Waals surface area contributed by atoms with Gasteiger partial charge in [-0.2, -0.15) is 0 Å². The number of benzene rings is 3. The van der Waals surface area contributed by atoms with E-state index in [0.717, 1.165) is 30.6 Å². The number of nitrogens with one attached hydrogen (secondary N) is 1. The monoisotopic (exact) mass is 425 g/mol. The third kappa shape index (κ3) is 4.04. The lowest BCUT2D eigenvalue weighted by atomic mass is 10.1. The van der Waals surface area contributed by atoms with Gasteiger partial charge in [0, 0.05) is 48.5 Å². The van der Waals surface area contributed by atoms with Crippen molar-refractivity contribution in [1.29, 1.82) is 0 Å². The van der Waals surface area contributed by atoms with Crippen molar-refractivity contribution in [3.63, 3.8) is 0 Å². The smallest absolute Gasteiger partial charge is 0.258 e. The molecule has 0 unspecified atom stereocenters. The lowest BCUT2D eigenvalue weighted by molar-refractivity contribution is 0.0934. The molecule has 5 nitrogen and oxygen atoms in total. The Balaban J connectivity index is 1.35. The van der Waals surface area contributed by atoms with Crippen molar-refractivity contribution in [3.8, 4) is 0 Å². The Kier molecular flexibility index (Phi) is 5.73. The van der Waals surface area contributed by atoms with E-state index in [-0.39, 0.29) is 23.9 Å². The Morgan fingerprint density at radius 3 is 2.22 bits per heavy atom. The number of fused-ring (bicyclic) bond motifs is 2. The zero-order chi connectivity index (χ0) is 21.9. The van der Waals surface area contributed by atoms with Crippen LogP contribution in [0.1, 0.15) is 39.1 Å². The van der Waals surface area contributed by atoms with Gasteiger partial charge in [-0.3, -0.25) is 14.5 Å². The van der Waals surface area contributed by atoms with Crippen molar-refractivity contribution in [3.05, 3.63) is 102 Å². The number of nitrogens with zero attached hydrogens (tertiary/aromatic N) is 2. The highest BCUT2D eigenvalue weighted by Crippen LogP contribution is 2.35. The van der Waals surface area contributed by atoms with Crippen LogP contribution in [-0.2, 0) is 6.54 Å². The highest BCUT2D eigenvalue weighted by Gasteiger charge is 2.38. The van der Waals surface area contributed by atoms with Crippen LogP contribution in [0.25, 0.3) is 0 Å². The molecule has 0 saturated carbocycles. The van der Waals surface area contributed by atoms with Crippen molar-refractivity contribution in [2.24, 2.45) is 0 Å². The molecule has 0 aliphatic carbocycles. The maximum atomic E-state index is 13.4. The first kappa shape index (κ1) is 20.5. The van der Waals surface area contributed by atoms with Gasteiger partial charge < -0.3 is 10.2 Å². The zero-order valence-corrected chi connectivity index (χ0v) is 18.0. The van der Waals surface area contributed by atoms with Crippen molar-refractivity contribution in [2.75, 3.05) is 18.0 Å². The van der Waals surface area contributed by atoms with Crippen molar-refractivity contribution < 1.29 is 9.59 Å². The molecule has 2 amide bonds. The van der Waals surface area contributed by atoms with Crippen LogP contribution in [0.2, 0.25) is 0 Å². The summed E-state index contributed by atoms with van der Waals surface area (Å²) in [6, 6.07) is 27.6. The number of carbonyl (C=O) groups excluding carboxylic acids is 2. The molecule has 162 valence electrons. The molecule has 5 rings (SSSR count). The Bertz CT molecular complexity index is 1100. The van der Waals surface area contributed by atoms with Crippen LogP contribution in [0, 0.1) is 0 Å². The molecule has 0 spiro atoms. The minimum Gasteiger partial charge on any atom is -0.350 e. The second kappa shape index (κ2) is 8.97. The lowest BCUT2D eigenvalue weighted by Gasteiger charge is -2.29. The van der Waals surface area contributed by atoms with E-state index in [1.807, 2.05) is 83.8 Å². The number of para-hydroxylation sites is 1. The molecule has 2 aliphatic heterocycles. The van der Waals surface area contributed by atoms with Gasteiger partial charge in [0.25, 0.3) is 11.8 Å². The molecule has 3 aromatic rings. The number of rotatable bonds is 4. The van der Waals surface area contributed by atoms with Gasteiger partial charge in [0.2, 0.25) is 0 Å². The third-order valence-electron chi connectivity index (χ3n) is 6.60. The summed E-state index contributed by atoms with van der Waals surface area (Å²) in [5, 5.41) is 3.12. The van der Waals surface area contributed by atoms with Gasteiger partial charge >= 0.3 is 0 Å². The maximum absolute atomic E-state index is 13.4. The van der Waals surface area contributed by atoms with Gasteiger partial charge in [-0.05, 0) is 48.7 Å². The van der Waals surface area contributed by atoms with Gasteiger partial charge in [0.15, 0.2) is 0 Å². The van der Waals surface area contributed by atoms with Crippen LogP contribution in [0.3, 0.4) is 0 Å². The molecule has 3 aromatic carbocycles. The van der Waals surface area contributed by atoms with Crippen LogP contribution in [-0.4, -0.2) is 41.9 Å². The number of anilines is 1. The molecular weight excluding hydrogens is 398 g/mol. The predicted octanol–water partition coefficient (Wildman–Crippen LogP) is 4.11. The van der Waals surface area contributed by atoms with E-state index in [9.17, 15) is 9.59 Å². The summed E-state index contributed by atoms with van der Waals surface area (Å²) >= 11 is 0. The largest absolute Gasteiger partial charge is 0.350 e. The van der Waals surface area contributed by atoms with Gasteiger partial charge in [-0.1, -0.05) is 54.6 Å². The highest BCUT2D eigenvalue weighted by atomic mass is 16.2. The van der Waals surface area contributed by atoms with E-state index >= 15 is 0 Å². The SMILES string of the molecule is O=C(NC[C@H]1CC[C@H]2CN(C(=O)c3ccccc3)c3ccccc3CN12)c1ccccc1. The summed E-state index contributed by atoms with van der Waals surface area (Å²) in [5.41, 5.74) is 3.53. The van der Waals surface area contributed by atoms with Gasteiger partial charge in [-0.25, -0.2) is 0 Å². The molecule has 1 N–H and O–H groups in total. The quantitative estimate of drug-likeness (QED) is 0.685. The van der Waals surface area contributed by atoms with Crippen LogP contribution in [0.15, 0.2) is 84.9 Å². The fourth-order valence-electron chi connectivity index (χ4n) is 4.93. The van der Waals surface area contributed by atoms with Gasteiger partial charge in [-0.15, -0.1) is 0 Å². The van der Waals surface area contributed by atoms with Crippen molar-refractivity contribution in [2.45, 2.75) is 31.5 Å². The molecule has 32 heavy (non-hydrogen) atoms. The predicted molar refractivity (Wildman–Crippen MR) is 126 cm³/mol. The van der Waals surface area contributed by atoms with Crippen LogP contribution < -0.4 is 10.2 Å². The average Bonchev–Trinajstić information content (AvgIpc) is 3.14. The van der Waals surface area contributed by atoms with Gasteiger partial charge in [0.05, 0.1) is 0 Å². The molecular formula is C27H27N3O2. The van der Waals surface area contributed by atoms with Crippen LogP contribution >= 0.6 is 0 Å². The van der Waals surface area contributed by atoms with Crippen molar-refractivity contribution >= 4 is 17.5 Å². The van der Waals surface area contributed by atoms with E-state index in [1.54, 1.807) is 0 Å². The normalized spacial score (nSPS) is 20.2. The lowest BCUT2D eigenvalue weighted by Crippen LogP contribution is -2.45. The molecule has 5 heteroatoms. The summed E-state index contributed by atoms with van der Waals surface area (Å²) in [5.74, 6) is 0.00545. The maximum Gasteiger partial charge on any atom is 0.258 e. The Morgan fingerprint density at radius 1 is 0.812 bits per heavy atom. The summed E-state index contributed by atoms with van der Waals surface area (Å²) in [6.07, 6.45) is 2.02. The van der Waals surface area contributed by atoms with E-state index in [1.165, 1.54) is 0 Å². The number of amides is 2. The first-order valence-corrected chi connectivity index (χ1v) is 11.2. The summed E-state index contributed by atoms with van der Waals surface area (Å²) in [6.45, 7) is 2.05. The number of hydrogen-bond donors (Lipinski definition) is 1. The fourth-order valence-corrected chi connectivity index (χ4v) is 4.93. The molecule has 0 bridgehead atoms. The second-order valence-corrected chi connectivity index (χ2v) is 8.54. The standard InChI is InChI=1S/C27H27N3O2/c31-26(20-9-3-1-4-10-20)28-17-23-15-16-24-19-30(27(32)21-11-5-2-6-12-21)25-14-8-7-13-22(25)18-29(23)24/h1-14,23-24H,15-19H2,(H,28,31)/t23-,24+/m1/s1. The van der Waals surface area contributed by atoms with E-state index < -0.39 is 0 Å². The van der Waals surface area contributed by atoms with E-state index in [2.05, 4.69) is 16.3 Å². The first-order valence-electron chi connectivity index (χ1n) is 11.2. The Hall–Kier alpha value is -3.44. The Labute approximate surface area is 188 Å². The van der Waals surface area contributed by atoms with Gasteiger partial charge in [0.1, 0.15) is 0 Å². The minimum atomic E-state index is -0.0369. The fraction of sp³-hybridized carbons (Fsp3) is 0.259.